The summed E-state index contributed by atoms with van der Waals surface area (Å²) in [5.74, 6) is 0. The standard InChI is InChI=1S/C5H14NO3P/c1-2-5(3-4-6)9-10(7)8/h5,7-8H,2-4,6H2,1H3. The summed E-state index contributed by atoms with van der Waals surface area (Å²) >= 11 is 0. The molecule has 1 unspecified atom stereocenters. The minimum atomic E-state index is -2.21. The second-order valence-electron chi connectivity index (χ2n) is 1.97. The highest BCUT2D eigenvalue weighted by atomic mass is 31.2. The average molecular weight is 167 g/mol. The molecule has 0 aromatic rings. The van der Waals surface area contributed by atoms with Gasteiger partial charge in [-0.1, -0.05) is 6.92 Å². The molecule has 0 radical (unpaired) electrons. The molecule has 0 aliphatic heterocycles. The summed E-state index contributed by atoms with van der Waals surface area (Å²) < 4.78 is 4.74. The normalized spacial score (nSPS) is 14.1. The van der Waals surface area contributed by atoms with E-state index >= 15 is 0 Å². The van der Waals surface area contributed by atoms with E-state index in [2.05, 4.69) is 0 Å². The number of hydrogen-bond acceptors (Lipinski definition) is 4. The Balaban J connectivity index is 3.39. The smallest absolute Gasteiger partial charge is 0.327 e. The first-order valence-corrected chi connectivity index (χ1v) is 4.42. The van der Waals surface area contributed by atoms with E-state index in [1.807, 2.05) is 6.92 Å². The summed E-state index contributed by atoms with van der Waals surface area (Å²) in [5, 5.41) is 0. The Kier molecular flexibility index (Phi) is 6.17. The van der Waals surface area contributed by atoms with Crippen LogP contribution in [0.3, 0.4) is 0 Å². The molecule has 4 N–H and O–H groups in total. The fraction of sp³-hybridized carbons (Fsp3) is 1.00. The molecule has 0 rings (SSSR count). The molecule has 10 heavy (non-hydrogen) atoms. The summed E-state index contributed by atoms with van der Waals surface area (Å²) in [6, 6.07) is 0. The lowest BCUT2D eigenvalue weighted by atomic mass is 10.2. The van der Waals surface area contributed by atoms with E-state index in [9.17, 15) is 0 Å². The first-order chi connectivity index (χ1) is 4.70. The van der Waals surface area contributed by atoms with Crippen LogP contribution in [0.5, 0.6) is 0 Å². The molecular weight excluding hydrogens is 153 g/mol. The van der Waals surface area contributed by atoms with Crippen molar-refractivity contribution in [2.45, 2.75) is 25.9 Å². The van der Waals surface area contributed by atoms with Crippen LogP contribution in [0.25, 0.3) is 0 Å². The molecule has 4 nitrogen and oxygen atoms in total. The van der Waals surface area contributed by atoms with Gasteiger partial charge in [0.25, 0.3) is 0 Å². The van der Waals surface area contributed by atoms with Crippen LogP contribution in [-0.4, -0.2) is 22.4 Å². The molecule has 0 heterocycles. The molecule has 0 aromatic heterocycles. The van der Waals surface area contributed by atoms with E-state index in [0.29, 0.717) is 13.0 Å². The fourth-order valence-corrected chi connectivity index (χ4v) is 1.17. The topological polar surface area (TPSA) is 75.7 Å². The molecule has 0 aliphatic carbocycles. The van der Waals surface area contributed by atoms with Crippen molar-refractivity contribution in [3.63, 3.8) is 0 Å². The van der Waals surface area contributed by atoms with Crippen molar-refractivity contribution in [3.8, 4) is 0 Å². The van der Waals surface area contributed by atoms with Crippen LogP contribution >= 0.6 is 8.60 Å². The quantitative estimate of drug-likeness (QED) is 0.516. The Morgan fingerprint density at radius 3 is 2.50 bits per heavy atom. The van der Waals surface area contributed by atoms with E-state index in [-0.39, 0.29) is 6.10 Å². The molecule has 1 atom stereocenters. The Hall–Kier alpha value is 0.270. The Bertz CT molecular complexity index is 81.3. The Labute approximate surface area is 62.0 Å². The third kappa shape index (κ3) is 5.09. The van der Waals surface area contributed by atoms with E-state index in [1.54, 1.807) is 0 Å². The van der Waals surface area contributed by atoms with Crippen LogP contribution in [0.2, 0.25) is 0 Å². The first kappa shape index (κ1) is 10.3. The van der Waals surface area contributed by atoms with Crippen molar-refractivity contribution >= 4 is 8.60 Å². The largest absolute Gasteiger partial charge is 0.330 e. The maximum absolute atomic E-state index is 8.44. The maximum Gasteiger partial charge on any atom is 0.327 e. The molecule has 0 saturated carbocycles. The molecule has 0 aromatic carbocycles. The van der Waals surface area contributed by atoms with Crippen molar-refractivity contribution in [2.75, 3.05) is 6.54 Å². The third-order valence-corrected chi connectivity index (χ3v) is 1.67. The van der Waals surface area contributed by atoms with E-state index in [1.165, 1.54) is 0 Å². The Morgan fingerprint density at radius 1 is 1.60 bits per heavy atom. The zero-order valence-electron chi connectivity index (χ0n) is 6.03. The van der Waals surface area contributed by atoms with Gasteiger partial charge in [-0.25, -0.2) is 0 Å². The molecular formula is C5H14NO3P. The summed E-state index contributed by atoms with van der Waals surface area (Å²) in [7, 11) is -2.21. The van der Waals surface area contributed by atoms with Crippen molar-refractivity contribution in [1.29, 1.82) is 0 Å². The van der Waals surface area contributed by atoms with E-state index < -0.39 is 8.60 Å². The van der Waals surface area contributed by atoms with Gasteiger partial charge in [0.2, 0.25) is 0 Å². The summed E-state index contributed by atoms with van der Waals surface area (Å²) in [5.41, 5.74) is 5.24. The monoisotopic (exact) mass is 167 g/mol. The molecule has 0 amide bonds. The van der Waals surface area contributed by atoms with Gasteiger partial charge in [0, 0.05) is 0 Å². The highest BCUT2D eigenvalue weighted by Gasteiger charge is 2.09. The molecule has 0 saturated heterocycles. The summed E-state index contributed by atoms with van der Waals surface area (Å²) in [6.07, 6.45) is 1.33. The van der Waals surface area contributed by atoms with Crippen molar-refractivity contribution in [2.24, 2.45) is 5.73 Å². The van der Waals surface area contributed by atoms with Crippen LogP contribution in [-0.2, 0) is 4.52 Å². The first-order valence-electron chi connectivity index (χ1n) is 3.25. The number of rotatable bonds is 5. The van der Waals surface area contributed by atoms with Gasteiger partial charge in [-0.05, 0) is 19.4 Å². The zero-order valence-corrected chi connectivity index (χ0v) is 6.92. The van der Waals surface area contributed by atoms with Crippen LogP contribution < -0.4 is 5.73 Å². The van der Waals surface area contributed by atoms with Crippen LogP contribution in [0, 0.1) is 0 Å². The van der Waals surface area contributed by atoms with Gasteiger partial charge >= 0.3 is 8.60 Å². The number of nitrogens with two attached hydrogens (primary N) is 1. The molecule has 0 aliphatic rings. The van der Waals surface area contributed by atoms with Gasteiger partial charge in [0.15, 0.2) is 0 Å². The zero-order chi connectivity index (χ0) is 7.98. The highest BCUT2D eigenvalue weighted by molar-refractivity contribution is 7.39. The SMILES string of the molecule is CCC(CCN)OP(O)O. The van der Waals surface area contributed by atoms with Crippen molar-refractivity contribution in [3.05, 3.63) is 0 Å². The molecule has 0 fully saturated rings. The summed E-state index contributed by atoms with van der Waals surface area (Å²) in [6.45, 7) is 2.43. The van der Waals surface area contributed by atoms with Gasteiger partial charge < -0.3 is 20.0 Å². The molecule has 0 spiro atoms. The summed E-state index contributed by atoms with van der Waals surface area (Å²) in [4.78, 5) is 16.9. The lowest BCUT2D eigenvalue weighted by Gasteiger charge is -2.14. The van der Waals surface area contributed by atoms with Gasteiger partial charge in [-0.3, -0.25) is 0 Å². The minimum absolute atomic E-state index is 0.105. The van der Waals surface area contributed by atoms with Crippen LogP contribution in [0.1, 0.15) is 19.8 Å². The fourth-order valence-electron chi connectivity index (χ4n) is 0.651. The van der Waals surface area contributed by atoms with E-state index in [0.717, 1.165) is 6.42 Å². The van der Waals surface area contributed by atoms with Gasteiger partial charge in [-0.2, -0.15) is 0 Å². The number of hydrogen-bond donors (Lipinski definition) is 3. The predicted octanol–water partition coefficient (Wildman–Crippen LogP) is 0.342. The highest BCUT2D eigenvalue weighted by Crippen LogP contribution is 2.28. The van der Waals surface area contributed by atoms with Gasteiger partial charge in [-0.15, -0.1) is 0 Å². The lowest BCUT2D eigenvalue weighted by Crippen LogP contribution is -2.14. The minimum Gasteiger partial charge on any atom is -0.330 e. The Morgan fingerprint density at radius 2 is 2.20 bits per heavy atom. The van der Waals surface area contributed by atoms with Gasteiger partial charge in [0.1, 0.15) is 0 Å². The van der Waals surface area contributed by atoms with Crippen molar-refractivity contribution < 1.29 is 14.3 Å². The molecule has 5 heteroatoms. The predicted molar refractivity (Wildman–Crippen MR) is 40.2 cm³/mol. The third-order valence-electron chi connectivity index (χ3n) is 1.19. The van der Waals surface area contributed by atoms with Crippen LogP contribution in [0.4, 0.5) is 0 Å². The molecule has 0 bridgehead atoms. The van der Waals surface area contributed by atoms with Gasteiger partial charge in [0.05, 0.1) is 6.10 Å². The second-order valence-corrected chi connectivity index (χ2v) is 2.68. The van der Waals surface area contributed by atoms with E-state index in [4.69, 9.17) is 20.0 Å². The van der Waals surface area contributed by atoms with Crippen LogP contribution in [0.15, 0.2) is 0 Å². The lowest BCUT2D eigenvalue weighted by molar-refractivity contribution is 0.160. The molecule has 62 valence electrons. The maximum atomic E-state index is 8.44. The second kappa shape index (κ2) is 6.01. The average Bonchev–Trinajstić information content (AvgIpc) is 1.86. The van der Waals surface area contributed by atoms with Crippen molar-refractivity contribution in [1.82, 2.24) is 0 Å².